The minimum Gasteiger partial charge on any atom is -0.492 e. The molecule has 0 heterocycles. The van der Waals surface area contributed by atoms with E-state index in [-0.39, 0.29) is 0 Å². The number of aryl methyl sites for hydroxylation is 4. The van der Waals surface area contributed by atoms with Crippen molar-refractivity contribution in [1.29, 1.82) is 0 Å². The quantitative estimate of drug-likeness (QED) is 0.277. The molecule has 0 aliphatic rings. The van der Waals surface area contributed by atoms with Crippen LogP contribution in [0.25, 0.3) is 0 Å². The van der Waals surface area contributed by atoms with Crippen LogP contribution in [0.2, 0.25) is 0 Å². The lowest BCUT2D eigenvalue weighted by atomic mass is 9.97. The predicted octanol–water partition coefficient (Wildman–Crippen LogP) is 6.84. The van der Waals surface area contributed by atoms with Crippen molar-refractivity contribution in [3.8, 4) is 17.2 Å². The van der Waals surface area contributed by atoms with Crippen molar-refractivity contribution in [2.24, 2.45) is 0 Å². The van der Waals surface area contributed by atoms with Crippen molar-refractivity contribution in [3.05, 3.63) is 89.0 Å². The molecule has 0 unspecified atom stereocenters. The molecule has 3 aromatic carbocycles. The van der Waals surface area contributed by atoms with Crippen LogP contribution in [0.15, 0.2) is 66.7 Å². The van der Waals surface area contributed by atoms with Crippen LogP contribution in [0, 0.1) is 0 Å². The lowest BCUT2D eigenvalue weighted by molar-refractivity contribution is 0.319. The predicted molar refractivity (Wildman–Crippen MR) is 132 cm³/mol. The second-order valence-electron chi connectivity index (χ2n) is 8.18. The second kappa shape index (κ2) is 12.8. The van der Waals surface area contributed by atoms with Gasteiger partial charge in [-0.25, -0.2) is 0 Å². The number of benzene rings is 3. The van der Waals surface area contributed by atoms with Gasteiger partial charge in [0.2, 0.25) is 5.75 Å². The fourth-order valence-electron chi connectivity index (χ4n) is 4.33. The Kier molecular flexibility index (Phi) is 9.49. The summed E-state index contributed by atoms with van der Waals surface area (Å²) in [7, 11) is 5.12. The highest BCUT2D eigenvalue weighted by Crippen LogP contribution is 2.43. The van der Waals surface area contributed by atoms with Gasteiger partial charge in [0, 0.05) is 0 Å². The lowest BCUT2D eigenvalue weighted by Crippen LogP contribution is -2.04. The number of hydrogen-bond acceptors (Lipinski definition) is 3. The SMILES string of the molecule is COc1c(CCCCCc2ccccc2)cc(CCCc2ccccc2)c(OC)c1OC. The molecule has 0 N–H and O–H groups in total. The molecular weight excluding hydrogens is 396 g/mol. The molecule has 0 amide bonds. The van der Waals surface area contributed by atoms with Gasteiger partial charge in [-0.05, 0) is 73.3 Å². The van der Waals surface area contributed by atoms with Crippen molar-refractivity contribution < 1.29 is 14.2 Å². The maximum absolute atomic E-state index is 5.76. The summed E-state index contributed by atoms with van der Waals surface area (Å²) in [5, 5.41) is 0. The van der Waals surface area contributed by atoms with E-state index in [1.54, 1.807) is 21.3 Å². The van der Waals surface area contributed by atoms with E-state index >= 15 is 0 Å². The largest absolute Gasteiger partial charge is 0.492 e. The van der Waals surface area contributed by atoms with Crippen LogP contribution in [0.5, 0.6) is 17.2 Å². The summed E-state index contributed by atoms with van der Waals surface area (Å²) in [6.07, 6.45) is 8.68. The molecular formula is C29H36O3. The Labute approximate surface area is 193 Å². The Hall–Kier alpha value is -2.94. The highest BCUT2D eigenvalue weighted by Gasteiger charge is 2.20. The third-order valence-electron chi connectivity index (χ3n) is 5.97. The molecule has 3 aromatic rings. The first-order valence-electron chi connectivity index (χ1n) is 11.7. The Bertz CT molecular complexity index is 936. The molecule has 0 bridgehead atoms. The van der Waals surface area contributed by atoms with Gasteiger partial charge in [0.15, 0.2) is 11.5 Å². The molecule has 0 aliphatic heterocycles. The first-order valence-corrected chi connectivity index (χ1v) is 11.7. The van der Waals surface area contributed by atoms with Gasteiger partial charge in [0.05, 0.1) is 21.3 Å². The van der Waals surface area contributed by atoms with Gasteiger partial charge in [0.1, 0.15) is 0 Å². The molecule has 0 aliphatic carbocycles. The van der Waals surface area contributed by atoms with Crippen LogP contribution < -0.4 is 14.2 Å². The Morgan fingerprint density at radius 3 is 1.41 bits per heavy atom. The van der Waals surface area contributed by atoms with Crippen LogP contribution in [0.1, 0.15) is 47.9 Å². The molecule has 0 spiro atoms. The molecule has 170 valence electrons. The zero-order valence-electron chi connectivity index (χ0n) is 19.7. The van der Waals surface area contributed by atoms with E-state index in [1.807, 2.05) is 0 Å². The summed E-state index contributed by atoms with van der Waals surface area (Å²) in [4.78, 5) is 0. The zero-order chi connectivity index (χ0) is 22.6. The van der Waals surface area contributed by atoms with Crippen molar-refractivity contribution in [1.82, 2.24) is 0 Å². The minimum atomic E-state index is 0.714. The van der Waals surface area contributed by atoms with Gasteiger partial charge >= 0.3 is 0 Å². The maximum Gasteiger partial charge on any atom is 0.203 e. The third kappa shape index (κ3) is 6.53. The second-order valence-corrected chi connectivity index (χ2v) is 8.18. The number of rotatable bonds is 13. The molecule has 0 fully saturated rings. The van der Waals surface area contributed by atoms with Crippen LogP contribution >= 0.6 is 0 Å². The van der Waals surface area contributed by atoms with Gasteiger partial charge in [-0.1, -0.05) is 67.1 Å². The van der Waals surface area contributed by atoms with Crippen LogP contribution in [-0.4, -0.2) is 21.3 Å². The number of hydrogen-bond donors (Lipinski definition) is 0. The fourth-order valence-corrected chi connectivity index (χ4v) is 4.33. The standard InChI is InChI=1S/C29H36O3/c1-30-27-25(20-12-6-11-16-23-14-7-4-8-15-23)22-26(28(31-2)29(27)32-3)21-13-19-24-17-9-5-10-18-24/h4-5,7-10,14-15,17-18,22H,6,11-13,16,19-21H2,1-3H3. The summed E-state index contributed by atoms with van der Waals surface area (Å²) < 4.78 is 17.3. The minimum absolute atomic E-state index is 0.714. The summed E-state index contributed by atoms with van der Waals surface area (Å²) in [5.41, 5.74) is 5.18. The summed E-state index contributed by atoms with van der Waals surface area (Å²) in [6.45, 7) is 0. The molecule has 32 heavy (non-hydrogen) atoms. The van der Waals surface area contributed by atoms with E-state index in [1.165, 1.54) is 35.1 Å². The van der Waals surface area contributed by atoms with Gasteiger partial charge in [-0.3, -0.25) is 0 Å². The highest BCUT2D eigenvalue weighted by molar-refractivity contribution is 5.60. The fraction of sp³-hybridized carbons (Fsp3) is 0.379. The summed E-state index contributed by atoms with van der Waals surface area (Å²) >= 11 is 0. The topological polar surface area (TPSA) is 27.7 Å². The monoisotopic (exact) mass is 432 g/mol. The van der Waals surface area contributed by atoms with Crippen LogP contribution in [0.4, 0.5) is 0 Å². The Morgan fingerprint density at radius 2 is 0.906 bits per heavy atom. The zero-order valence-corrected chi connectivity index (χ0v) is 19.7. The van der Waals surface area contributed by atoms with Crippen molar-refractivity contribution in [3.63, 3.8) is 0 Å². The van der Waals surface area contributed by atoms with Crippen molar-refractivity contribution >= 4 is 0 Å². The number of unbranched alkanes of at least 4 members (excludes halogenated alkanes) is 2. The van der Waals surface area contributed by atoms with E-state index in [0.29, 0.717) is 5.75 Å². The molecule has 0 atom stereocenters. The van der Waals surface area contributed by atoms with Crippen LogP contribution in [-0.2, 0) is 25.7 Å². The van der Waals surface area contributed by atoms with Gasteiger partial charge in [0.25, 0.3) is 0 Å². The van der Waals surface area contributed by atoms with E-state index in [0.717, 1.165) is 50.0 Å². The summed E-state index contributed by atoms with van der Waals surface area (Å²) in [5.74, 6) is 2.32. The first-order chi connectivity index (χ1) is 15.8. The van der Waals surface area contributed by atoms with E-state index in [4.69, 9.17) is 14.2 Å². The molecule has 0 aromatic heterocycles. The molecule has 0 saturated heterocycles. The van der Waals surface area contributed by atoms with Gasteiger partial charge in [-0.2, -0.15) is 0 Å². The van der Waals surface area contributed by atoms with E-state index in [2.05, 4.69) is 66.7 Å². The lowest BCUT2D eigenvalue weighted by Gasteiger charge is -2.19. The molecule has 3 heteroatoms. The molecule has 0 saturated carbocycles. The maximum atomic E-state index is 5.76. The average Bonchev–Trinajstić information content (AvgIpc) is 2.84. The number of methoxy groups -OCH3 is 3. The molecule has 3 nitrogen and oxygen atoms in total. The first kappa shape index (κ1) is 23.7. The summed E-state index contributed by atoms with van der Waals surface area (Å²) in [6, 6.07) is 23.6. The van der Waals surface area contributed by atoms with Crippen molar-refractivity contribution in [2.45, 2.75) is 51.4 Å². The Morgan fingerprint density at radius 1 is 0.469 bits per heavy atom. The average molecular weight is 433 g/mol. The van der Waals surface area contributed by atoms with Gasteiger partial charge < -0.3 is 14.2 Å². The normalized spacial score (nSPS) is 10.7. The van der Waals surface area contributed by atoms with Gasteiger partial charge in [-0.15, -0.1) is 0 Å². The number of ether oxygens (including phenoxy) is 3. The highest BCUT2D eigenvalue weighted by atomic mass is 16.5. The van der Waals surface area contributed by atoms with E-state index < -0.39 is 0 Å². The van der Waals surface area contributed by atoms with Crippen LogP contribution in [0.3, 0.4) is 0 Å². The molecule has 3 rings (SSSR count). The van der Waals surface area contributed by atoms with Crippen molar-refractivity contribution in [2.75, 3.05) is 21.3 Å². The smallest absolute Gasteiger partial charge is 0.203 e. The molecule has 0 radical (unpaired) electrons. The Balaban J connectivity index is 1.65. The third-order valence-corrected chi connectivity index (χ3v) is 5.97. The van der Waals surface area contributed by atoms with E-state index in [9.17, 15) is 0 Å².